The van der Waals surface area contributed by atoms with Gasteiger partial charge in [0.2, 0.25) is 0 Å². The predicted octanol–water partition coefficient (Wildman–Crippen LogP) is 2.46. The zero-order valence-corrected chi connectivity index (χ0v) is 10.6. The van der Waals surface area contributed by atoms with Gasteiger partial charge in [-0.15, -0.1) is 0 Å². The fourth-order valence-corrected chi connectivity index (χ4v) is 1.98. The SMILES string of the molecule is Nc1cc(CC(O)Cc2ccc(Cl)cc2)ccn1. The van der Waals surface area contributed by atoms with Crippen LogP contribution >= 0.6 is 11.6 Å². The van der Waals surface area contributed by atoms with Crippen LogP contribution in [-0.4, -0.2) is 16.2 Å². The van der Waals surface area contributed by atoms with E-state index in [0.29, 0.717) is 23.7 Å². The number of nitrogens with zero attached hydrogens (tertiary/aromatic N) is 1. The third-order valence-corrected chi connectivity index (χ3v) is 2.95. The second kappa shape index (κ2) is 5.85. The minimum atomic E-state index is -0.437. The summed E-state index contributed by atoms with van der Waals surface area (Å²) in [6.07, 6.45) is 2.38. The fraction of sp³-hybridized carbons (Fsp3) is 0.214. The third-order valence-electron chi connectivity index (χ3n) is 2.70. The van der Waals surface area contributed by atoms with Crippen molar-refractivity contribution in [2.75, 3.05) is 5.73 Å². The predicted molar refractivity (Wildman–Crippen MR) is 73.5 cm³/mol. The minimum absolute atomic E-state index is 0.437. The summed E-state index contributed by atoms with van der Waals surface area (Å²) >= 11 is 5.81. The van der Waals surface area contributed by atoms with Gasteiger partial charge in [0, 0.05) is 11.2 Å². The molecule has 0 aliphatic carbocycles. The van der Waals surface area contributed by atoms with Gasteiger partial charge >= 0.3 is 0 Å². The molecule has 0 aliphatic heterocycles. The van der Waals surface area contributed by atoms with Crippen molar-refractivity contribution in [3.63, 3.8) is 0 Å². The first-order valence-corrected chi connectivity index (χ1v) is 6.14. The monoisotopic (exact) mass is 262 g/mol. The van der Waals surface area contributed by atoms with E-state index in [1.165, 1.54) is 0 Å². The molecule has 1 unspecified atom stereocenters. The third kappa shape index (κ3) is 3.72. The van der Waals surface area contributed by atoms with Gasteiger partial charge in [-0.25, -0.2) is 4.98 Å². The molecule has 0 spiro atoms. The highest BCUT2D eigenvalue weighted by Crippen LogP contribution is 2.13. The number of rotatable bonds is 4. The van der Waals surface area contributed by atoms with Crippen LogP contribution in [-0.2, 0) is 12.8 Å². The van der Waals surface area contributed by atoms with Crippen LogP contribution in [0.5, 0.6) is 0 Å². The number of aliphatic hydroxyl groups is 1. The van der Waals surface area contributed by atoms with Crippen LogP contribution in [0.25, 0.3) is 0 Å². The van der Waals surface area contributed by atoms with Gasteiger partial charge in [0.15, 0.2) is 0 Å². The van der Waals surface area contributed by atoms with E-state index >= 15 is 0 Å². The van der Waals surface area contributed by atoms with Gasteiger partial charge in [-0.1, -0.05) is 23.7 Å². The van der Waals surface area contributed by atoms with Gasteiger partial charge in [-0.05, 0) is 48.2 Å². The van der Waals surface area contributed by atoms with Crippen LogP contribution in [0.1, 0.15) is 11.1 Å². The summed E-state index contributed by atoms with van der Waals surface area (Å²) in [4.78, 5) is 3.92. The van der Waals surface area contributed by atoms with Crippen molar-refractivity contribution < 1.29 is 5.11 Å². The number of anilines is 1. The number of aliphatic hydroxyl groups excluding tert-OH is 1. The Kier molecular flexibility index (Phi) is 4.18. The van der Waals surface area contributed by atoms with E-state index in [1.807, 2.05) is 30.3 Å². The zero-order chi connectivity index (χ0) is 13.0. The average molecular weight is 263 g/mol. The highest BCUT2D eigenvalue weighted by molar-refractivity contribution is 6.30. The van der Waals surface area contributed by atoms with Crippen molar-refractivity contribution >= 4 is 17.4 Å². The maximum absolute atomic E-state index is 10.0. The summed E-state index contributed by atoms with van der Waals surface area (Å²) in [6.45, 7) is 0. The molecule has 3 nitrogen and oxygen atoms in total. The molecule has 0 amide bonds. The van der Waals surface area contributed by atoms with E-state index in [9.17, 15) is 5.11 Å². The molecule has 0 radical (unpaired) electrons. The van der Waals surface area contributed by atoms with Crippen molar-refractivity contribution in [3.8, 4) is 0 Å². The van der Waals surface area contributed by atoms with Crippen molar-refractivity contribution in [2.45, 2.75) is 18.9 Å². The Morgan fingerprint density at radius 2 is 1.78 bits per heavy atom. The van der Waals surface area contributed by atoms with Gasteiger partial charge < -0.3 is 10.8 Å². The molecule has 1 atom stereocenters. The number of nitrogen functional groups attached to an aromatic ring is 1. The number of benzene rings is 1. The largest absolute Gasteiger partial charge is 0.392 e. The van der Waals surface area contributed by atoms with Crippen molar-refractivity contribution in [2.24, 2.45) is 0 Å². The molecule has 0 saturated heterocycles. The maximum Gasteiger partial charge on any atom is 0.123 e. The van der Waals surface area contributed by atoms with Crippen LogP contribution < -0.4 is 5.73 Å². The Morgan fingerprint density at radius 1 is 1.11 bits per heavy atom. The summed E-state index contributed by atoms with van der Waals surface area (Å²) < 4.78 is 0. The quantitative estimate of drug-likeness (QED) is 0.890. The first kappa shape index (κ1) is 12.9. The molecule has 0 saturated carbocycles. The second-order valence-electron chi connectivity index (χ2n) is 4.28. The molecule has 2 aromatic rings. The molecule has 1 aromatic carbocycles. The van der Waals surface area contributed by atoms with Crippen LogP contribution in [0.3, 0.4) is 0 Å². The summed E-state index contributed by atoms with van der Waals surface area (Å²) in [6, 6.07) is 11.1. The summed E-state index contributed by atoms with van der Waals surface area (Å²) in [7, 11) is 0. The molecule has 3 N–H and O–H groups in total. The highest BCUT2D eigenvalue weighted by atomic mass is 35.5. The Morgan fingerprint density at radius 3 is 2.44 bits per heavy atom. The van der Waals surface area contributed by atoms with Gasteiger partial charge in [-0.3, -0.25) is 0 Å². The first-order chi connectivity index (χ1) is 8.63. The Balaban J connectivity index is 1.96. The Hall–Kier alpha value is -1.58. The molecule has 2 rings (SSSR count). The summed E-state index contributed by atoms with van der Waals surface area (Å²) in [5.41, 5.74) is 7.65. The molecule has 18 heavy (non-hydrogen) atoms. The normalized spacial score (nSPS) is 12.3. The molecule has 0 aliphatic rings. The van der Waals surface area contributed by atoms with Crippen LogP contribution in [0.2, 0.25) is 5.02 Å². The molecule has 4 heteroatoms. The number of halogens is 1. The molecule has 94 valence electrons. The lowest BCUT2D eigenvalue weighted by atomic mass is 10.0. The van der Waals surface area contributed by atoms with E-state index in [1.54, 1.807) is 12.3 Å². The van der Waals surface area contributed by atoms with Gasteiger partial charge in [0.25, 0.3) is 0 Å². The smallest absolute Gasteiger partial charge is 0.123 e. The molecular weight excluding hydrogens is 248 g/mol. The topological polar surface area (TPSA) is 59.1 Å². The van der Waals surface area contributed by atoms with Gasteiger partial charge in [-0.2, -0.15) is 0 Å². The lowest BCUT2D eigenvalue weighted by Crippen LogP contribution is -2.14. The highest BCUT2D eigenvalue weighted by Gasteiger charge is 2.07. The fourth-order valence-electron chi connectivity index (χ4n) is 1.86. The van der Waals surface area contributed by atoms with Crippen LogP contribution in [0, 0.1) is 0 Å². The van der Waals surface area contributed by atoms with E-state index in [4.69, 9.17) is 17.3 Å². The van der Waals surface area contributed by atoms with Crippen molar-refractivity contribution in [1.82, 2.24) is 4.98 Å². The lowest BCUT2D eigenvalue weighted by Gasteiger charge is -2.11. The van der Waals surface area contributed by atoms with Crippen LogP contribution in [0.4, 0.5) is 5.82 Å². The number of pyridine rings is 1. The average Bonchev–Trinajstić information content (AvgIpc) is 2.32. The number of hydrogen-bond acceptors (Lipinski definition) is 3. The molecule has 0 fully saturated rings. The van der Waals surface area contributed by atoms with Crippen LogP contribution in [0.15, 0.2) is 42.6 Å². The first-order valence-electron chi connectivity index (χ1n) is 5.76. The molecule has 1 heterocycles. The number of nitrogens with two attached hydrogens (primary N) is 1. The molecule has 0 bridgehead atoms. The lowest BCUT2D eigenvalue weighted by molar-refractivity contribution is 0.175. The molecule has 1 aromatic heterocycles. The minimum Gasteiger partial charge on any atom is -0.392 e. The van der Waals surface area contributed by atoms with E-state index in [2.05, 4.69) is 4.98 Å². The van der Waals surface area contributed by atoms with Crippen molar-refractivity contribution in [3.05, 3.63) is 58.7 Å². The Labute approximate surface area is 111 Å². The van der Waals surface area contributed by atoms with Gasteiger partial charge in [0.1, 0.15) is 5.82 Å². The summed E-state index contributed by atoms with van der Waals surface area (Å²) in [5, 5.41) is 10.7. The molecular formula is C14H15ClN2O. The van der Waals surface area contributed by atoms with Gasteiger partial charge in [0.05, 0.1) is 6.10 Å². The number of aromatic nitrogens is 1. The van der Waals surface area contributed by atoms with E-state index in [-0.39, 0.29) is 0 Å². The number of hydrogen-bond donors (Lipinski definition) is 2. The van der Waals surface area contributed by atoms with E-state index < -0.39 is 6.10 Å². The Bertz CT molecular complexity index is 513. The zero-order valence-electron chi connectivity index (χ0n) is 9.88. The standard InChI is InChI=1S/C14H15ClN2O/c15-12-3-1-10(2-4-12)7-13(18)8-11-5-6-17-14(16)9-11/h1-6,9,13,18H,7-8H2,(H2,16,17). The van der Waals surface area contributed by atoms with E-state index in [0.717, 1.165) is 11.1 Å². The second-order valence-corrected chi connectivity index (χ2v) is 4.71. The van der Waals surface area contributed by atoms with Crippen molar-refractivity contribution in [1.29, 1.82) is 0 Å². The maximum atomic E-state index is 10.0. The summed E-state index contributed by atoms with van der Waals surface area (Å²) in [5.74, 6) is 0.478.